The summed E-state index contributed by atoms with van der Waals surface area (Å²) in [6.45, 7) is 3.29. The Hall–Kier alpha value is -1.34. The van der Waals surface area contributed by atoms with Gasteiger partial charge < -0.3 is 15.0 Å². The number of nitrogens with one attached hydrogen (secondary N) is 1. The van der Waals surface area contributed by atoms with E-state index in [-0.39, 0.29) is 31.0 Å². The number of rotatable bonds is 3. The Morgan fingerprint density at radius 2 is 2.12 bits per heavy atom. The lowest BCUT2D eigenvalue weighted by atomic mass is 10.1. The lowest BCUT2D eigenvalue weighted by molar-refractivity contribution is -0.141. The lowest BCUT2D eigenvalue weighted by Gasteiger charge is -2.35. The molecule has 1 atom stereocenters. The molecule has 0 aliphatic carbocycles. The summed E-state index contributed by atoms with van der Waals surface area (Å²) in [5.74, 6) is -0.0252. The molecule has 2 aliphatic rings. The van der Waals surface area contributed by atoms with Crippen LogP contribution in [0, 0.1) is 0 Å². The highest BCUT2D eigenvalue weighted by molar-refractivity contribution is 6.42. The summed E-state index contributed by atoms with van der Waals surface area (Å²) in [6.07, 6.45) is -0.220. The molecule has 1 N–H and O–H groups in total. The molecule has 0 bridgehead atoms. The largest absolute Gasteiger partial charge is 0.370 e. The van der Waals surface area contributed by atoms with Crippen LogP contribution in [0.2, 0.25) is 10.0 Å². The third-order valence-corrected chi connectivity index (χ3v) is 4.95. The van der Waals surface area contributed by atoms with Crippen LogP contribution in [-0.2, 0) is 14.3 Å². The Bertz CT molecular complexity index is 641. The molecule has 0 spiro atoms. The van der Waals surface area contributed by atoms with E-state index in [0.717, 1.165) is 5.56 Å². The summed E-state index contributed by atoms with van der Waals surface area (Å²) in [4.78, 5) is 27.6. The van der Waals surface area contributed by atoms with Crippen LogP contribution in [0.4, 0.5) is 0 Å². The second-order valence-electron chi connectivity index (χ2n) is 5.93. The molecule has 0 radical (unpaired) electrons. The van der Waals surface area contributed by atoms with Gasteiger partial charge in [0.2, 0.25) is 11.8 Å². The third-order valence-electron chi connectivity index (χ3n) is 4.21. The average Bonchev–Trinajstić information content (AvgIpc) is 2.57. The van der Waals surface area contributed by atoms with Gasteiger partial charge in [0.05, 0.1) is 36.3 Å². The van der Waals surface area contributed by atoms with Crippen molar-refractivity contribution in [1.82, 2.24) is 15.1 Å². The number of halogens is 2. The Kier molecular flexibility index (Phi) is 5.61. The number of benzene rings is 1. The van der Waals surface area contributed by atoms with Crippen LogP contribution in [0.1, 0.15) is 11.7 Å². The highest BCUT2D eigenvalue weighted by atomic mass is 35.5. The number of hydrogen-bond donors (Lipinski definition) is 1. The van der Waals surface area contributed by atoms with Gasteiger partial charge in [-0.2, -0.15) is 0 Å². The maximum Gasteiger partial charge on any atom is 0.236 e. The minimum Gasteiger partial charge on any atom is -0.370 e. The summed E-state index contributed by atoms with van der Waals surface area (Å²) in [6, 6.07) is 5.37. The van der Waals surface area contributed by atoms with Crippen LogP contribution < -0.4 is 5.32 Å². The van der Waals surface area contributed by atoms with Crippen molar-refractivity contribution < 1.29 is 14.3 Å². The molecular weight excluding hydrogens is 353 g/mol. The Morgan fingerprint density at radius 1 is 1.29 bits per heavy atom. The molecule has 2 fully saturated rings. The number of nitrogens with zero attached hydrogens (tertiary/aromatic N) is 2. The van der Waals surface area contributed by atoms with Crippen molar-refractivity contribution in [2.24, 2.45) is 0 Å². The Labute approximate surface area is 150 Å². The highest BCUT2D eigenvalue weighted by Crippen LogP contribution is 2.29. The van der Waals surface area contributed by atoms with Gasteiger partial charge in [0.1, 0.15) is 6.10 Å². The van der Waals surface area contributed by atoms with Crippen molar-refractivity contribution in [3.8, 4) is 0 Å². The first-order valence-corrected chi connectivity index (χ1v) is 8.62. The molecule has 8 heteroatoms. The fourth-order valence-electron chi connectivity index (χ4n) is 2.91. The summed E-state index contributed by atoms with van der Waals surface area (Å²) in [5.41, 5.74) is 0.902. The van der Waals surface area contributed by atoms with Crippen LogP contribution in [0.3, 0.4) is 0 Å². The van der Waals surface area contributed by atoms with E-state index in [0.29, 0.717) is 42.8 Å². The fraction of sp³-hybridized carbons (Fsp3) is 0.500. The SMILES string of the molecule is O=C1CN(CC(=O)N2CCO[C@@H](c3ccc(Cl)c(Cl)c3)C2)CCN1. The molecular formula is C16H19Cl2N3O3. The molecule has 24 heavy (non-hydrogen) atoms. The first-order chi connectivity index (χ1) is 11.5. The smallest absolute Gasteiger partial charge is 0.236 e. The van der Waals surface area contributed by atoms with Crippen LogP contribution in [-0.4, -0.2) is 67.5 Å². The monoisotopic (exact) mass is 371 g/mol. The molecule has 3 rings (SSSR count). The van der Waals surface area contributed by atoms with Gasteiger partial charge in [-0.05, 0) is 17.7 Å². The number of ether oxygens (including phenoxy) is 1. The zero-order valence-corrected chi connectivity index (χ0v) is 14.6. The minimum absolute atomic E-state index is 0.0121. The standard InChI is InChI=1S/C16H19Cl2N3O3/c17-12-2-1-11(7-13(12)18)14-8-21(5-6-24-14)16(23)10-20-4-3-19-15(22)9-20/h1-2,7,14H,3-6,8-10H2,(H,19,22)/t14-/m1/s1. The van der Waals surface area contributed by atoms with Crippen LogP contribution in [0.25, 0.3) is 0 Å². The number of amides is 2. The topological polar surface area (TPSA) is 61.9 Å². The van der Waals surface area contributed by atoms with Gasteiger partial charge in [0.25, 0.3) is 0 Å². The summed E-state index contributed by atoms with van der Waals surface area (Å²) >= 11 is 12.0. The Balaban J connectivity index is 1.61. The first kappa shape index (κ1) is 17.5. The molecule has 0 saturated carbocycles. The molecule has 2 aliphatic heterocycles. The second-order valence-corrected chi connectivity index (χ2v) is 6.75. The lowest BCUT2D eigenvalue weighted by Crippen LogP contribution is -2.52. The van der Waals surface area contributed by atoms with E-state index in [4.69, 9.17) is 27.9 Å². The normalized spacial score (nSPS) is 22.3. The van der Waals surface area contributed by atoms with Crippen molar-refractivity contribution in [3.63, 3.8) is 0 Å². The summed E-state index contributed by atoms with van der Waals surface area (Å²) in [7, 11) is 0. The van der Waals surface area contributed by atoms with Gasteiger partial charge in [0.15, 0.2) is 0 Å². The van der Waals surface area contributed by atoms with Crippen LogP contribution in [0.5, 0.6) is 0 Å². The zero-order valence-electron chi connectivity index (χ0n) is 13.1. The molecule has 6 nitrogen and oxygen atoms in total. The quantitative estimate of drug-likeness (QED) is 0.870. The van der Waals surface area contributed by atoms with E-state index < -0.39 is 0 Å². The van der Waals surface area contributed by atoms with E-state index >= 15 is 0 Å². The number of piperazine rings is 1. The predicted molar refractivity (Wildman–Crippen MR) is 91.2 cm³/mol. The van der Waals surface area contributed by atoms with Gasteiger partial charge in [-0.3, -0.25) is 14.5 Å². The molecule has 0 unspecified atom stereocenters. The Morgan fingerprint density at radius 3 is 2.88 bits per heavy atom. The molecule has 2 amide bonds. The van der Waals surface area contributed by atoms with Gasteiger partial charge in [-0.1, -0.05) is 29.3 Å². The fourth-order valence-corrected chi connectivity index (χ4v) is 3.21. The van der Waals surface area contributed by atoms with Gasteiger partial charge >= 0.3 is 0 Å². The van der Waals surface area contributed by atoms with E-state index in [1.165, 1.54) is 0 Å². The van der Waals surface area contributed by atoms with Crippen LogP contribution in [0.15, 0.2) is 18.2 Å². The van der Waals surface area contributed by atoms with E-state index in [1.807, 2.05) is 11.0 Å². The third kappa shape index (κ3) is 4.19. The maximum atomic E-state index is 12.5. The molecule has 0 aromatic heterocycles. The van der Waals surface area contributed by atoms with Crippen molar-refractivity contribution in [2.75, 3.05) is 45.9 Å². The number of carbonyl (C=O) groups excluding carboxylic acids is 2. The highest BCUT2D eigenvalue weighted by Gasteiger charge is 2.28. The molecule has 1 aromatic rings. The van der Waals surface area contributed by atoms with Gasteiger partial charge in [-0.25, -0.2) is 0 Å². The predicted octanol–water partition coefficient (Wildman–Crippen LogP) is 1.33. The number of morpholine rings is 1. The maximum absolute atomic E-state index is 12.5. The first-order valence-electron chi connectivity index (χ1n) is 7.86. The van der Waals surface area contributed by atoms with Crippen LogP contribution >= 0.6 is 23.2 Å². The minimum atomic E-state index is -0.220. The van der Waals surface area contributed by atoms with Gasteiger partial charge in [0, 0.05) is 19.6 Å². The molecule has 130 valence electrons. The van der Waals surface area contributed by atoms with E-state index in [1.54, 1.807) is 17.0 Å². The van der Waals surface area contributed by atoms with Gasteiger partial charge in [-0.15, -0.1) is 0 Å². The second kappa shape index (κ2) is 7.70. The summed E-state index contributed by atoms with van der Waals surface area (Å²) < 4.78 is 5.77. The molecule has 1 aromatic carbocycles. The number of carbonyl (C=O) groups is 2. The van der Waals surface area contributed by atoms with E-state index in [9.17, 15) is 9.59 Å². The molecule has 2 heterocycles. The summed E-state index contributed by atoms with van der Waals surface area (Å²) in [5, 5.41) is 3.72. The van der Waals surface area contributed by atoms with Crippen molar-refractivity contribution in [3.05, 3.63) is 33.8 Å². The van der Waals surface area contributed by atoms with Crippen molar-refractivity contribution in [1.29, 1.82) is 0 Å². The van der Waals surface area contributed by atoms with Crippen molar-refractivity contribution in [2.45, 2.75) is 6.10 Å². The average molecular weight is 372 g/mol. The molecule has 2 saturated heterocycles. The van der Waals surface area contributed by atoms with Crippen molar-refractivity contribution >= 4 is 35.0 Å². The van der Waals surface area contributed by atoms with E-state index in [2.05, 4.69) is 5.32 Å². The zero-order chi connectivity index (χ0) is 17.1. The number of hydrogen-bond acceptors (Lipinski definition) is 4.